The molecule has 0 fully saturated rings. The Morgan fingerprint density at radius 2 is 1.89 bits per heavy atom. The van der Waals surface area contributed by atoms with E-state index in [1.165, 1.54) is 0 Å². The summed E-state index contributed by atoms with van der Waals surface area (Å²) < 4.78 is 5.17. The SMILES string of the molecule is CCOC(=O)C1=C(c2ccc(Cl)cc2)CC(C)(C)C1. The molecule has 0 radical (unpaired) electrons. The molecular formula is C16H19ClO2. The summed E-state index contributed by atoms with van der Waals surface area (Å²) in [7, 11) is 0. The van der Waals surface area contributed by atoms with Crippen LogP contribution in [0.5, 0.6) is 0 Å². The van der Waals surface area contributed by atoms with Crippen molar-refractivity contribution in [3.63, 3.8) is 0 Å². The van der Waals surface area contributed by atoms with Gasteiger partial charge >= 0.3 is 5.97 Å². The third-order valence-corrected chi connectivity index (χ3v) is 3.64. The minimum absolute atomic E-state index is 0.108. The fraction of sp³-hybridized carbons (Fsp3) is 0.438. The van der Waals surface area contributed by atoms with Gasteiger partial charge in [0.15, 0.2) is 0 Å². The summed E-state index contributed by atoms with van der Waals surface area (Å²) in [4.78, 5) is 12.1. The number of hydrogen-bond acceptors (Lipinski definition) is 2. The minimum atomic E-state index is -0.182. The van der Waals surface area contributed by atoms with E-state index in [-0.39, 0.29) is 11.4 Å². The maximum atomic E-state index is 12.1. The van der Waals surface area contributed by atoms with Crippen molar-refractivity contribution in [1.29, 1.82) is 0 Å². The van der Waals surface area contributed by atoms with Gasteiger partial charge in [-0.15, -0.1) is 0 Å². The second-order valence-corrected chi connectivity index (χ2v) is 6.14. The van der Waals surface area contributed by atoms with Crippen LogP contribution in [-0.4, -0.2) is 12.6 Å². The van der Waals surface area contributed by atoms with Gasteiger partial charge in [-0.1, -0.05) is 37.6 Å². The van der Waals surface area contributed by atoms with Crippen LogP contribution in [0.15, 0.2) is 29.8 Å². The zero-order valence-electron chi connectivity index (χ0n) is 11.6. The second-order valence-electron chi connectivity index (χ2n) is 5.70. The maximum absolute atomic E-state index is 12.1. The highest BCUT2D eigenvalue weighted by Gasteiger charge is 2.35. The predicted octanol–water partition coefficient (Wildman–Crippen LogP) is 4.48. The van der Waals surface area contributed by atoms with Crippen LogP contribution < -0.4 is 0 Å². The summed E-state index contributed by atoms with van der Waals surface area (Å²) in [5, 5.41) is 0.708. The van der Waals surface area contributed by atoms with E-state index in [9.17, 15) is 4.79 Å². The molecule has 2 rings (SSSR count). The van der Waals surface area contributed by atoms with Crippen molar-refractivity contribution in [3.8, 4) is 0 Å². The summed E-state index contributed by atoms with van der Waals surface area (Å²) in [6.45, 7) is 6.60. The highest BCUT2D eigenvalue weighted by Crippen LogP contribution is 2.46. The van der Waals surface area contributed by atoms with Crippen molar-refractivity contribution >= 4 is 23.1 Å². The number of esters is 1. The lowest BCUT2D eigenvalue weighted by Gasteiger charge is -2.17. The van der Waals surface area contributed by atoms with E-state index >= 15 is 0 Å². The Balaban J connectivity index is 2.39. The van der Waals surface area contributed by atoms with Crippen LogP contribution in [0, 0.1) is 5.41 Å². The van der Waals surface area contributed by atoms with Crippen LogP contribution in [0.4, 0.5) is 0 Å². The van der Waals surface area contributed by atoms with Crippen molar-refractivity contribution in [3.05, 3.63) is 40.4 Å². The molecule has 1 aliphatic carbocycles. The van der Waals surface area contributed by atoms with Crippen molar-refractivity contribution in [1.82, 2.24) is 0 Å². The number of hydrogen-bond donors (Lipinski definition) is 0. The van der Waals surface area contributed by atoms with E-state index in [1.807, 2.05) is 31.2 Å². The molecule has 0 N–H and O–H groups in total. The number of carbonyl (C=O) groups excluding carboxylic acids is 1. The van der Waals surface area contributed by atoms with Crippen molar-refractivity contribution in [2.75, 3.05) is 6.61 Å². The molecule has 0 atom stereocenters. The number of allylic oxidation sites excluding steroid dienone is 1. The average Bonchev–Trinajstić information content (AvgIpc) is 2.67. The molecule has 1 aromatic carbocycles. The molecule has 0 saturated carbocycles. The van der Waals surface area contributed by atoms with Gasteiger partial charge in [0.1, 0.15) is 0 Å². The van der Waals surface area contributed by atoms with Crippen LogP contribution in [0.25, 0.3) is 5.57 Å². The van der Waals surface area contributed by atoms with Crippen LogP contribution >= 0.6 is 11.6 Å². The molecule has 0 unspecified atom stereocenters. The molecule has 0 bridgehead atoms. The molecule has 0 spiro atoms. The standard InChI is InChI=1S/C16H19ClO2/c1-4-19-15(18)14-10-16(2,3)9-13(14)11-5-7-12(17)8-6-11/h5-8H,4,9-10H2,1-3H3. The quantitative estimate of drug-likeness (QED) is 0.762. The van der Waals surface area contributed by atoms with Crippen LogP contribution in [0.2, 0.25) is 5.02 Å². The van der Waals surface area contributed by atoms with Gasteiger partial charge in [0.05, 0.1) is 6.61 Å². The van der Waals surface area contributed by atoms with Crippen molar-refractivity contribution in [2.24, 2.45) is 5.41 Å². The molecule has 1 aliphatic rings. The van der Waals surface area contributed by atoms with E-state index < -0.39 is 0 Å². The third-order valence-electron chi connectivity index (χ3n) is 3.39. The topological polar surface area (TPSA) is 26.3 Å². The monoisotopic (exact) mass is 278 g/mol. The van der Waals surface area contributed by atoms with Crippen LogP contribution in [0.3, 0.4) is 0 Å². The Hall–Kier alpha value is -1.28. The van der Waals surface area contributed by atoms with Crippen molar-refractivity contribution in [2.45, 2.75) is 33.6 Å². The molecule has 3 heteroatoms. The molecule has 19 heavy (non-hydrogen) atoms. The Morgan fingerprint density at radius 1 is 1.26 bits per heavy atom. The molecule has 1 aromatic rings. The van der Waals surface area contributed by atoms with Crippen molar-refractivity contribution < 1.29 is 9.53 Å². The summed E-state index contributed by atoms with van der Waals surface area (Å²) >= 11 is 5.92. The number of ether oxygens (including phenoxy) is 1. The van der Waals surface area contributed by atoms with Gasteiger partial charge in [-0.2, -0.15) is 0 Å². The van der Waals surface area contributed by atoms with Gasteiger partial charge < -0.3 is 4.74 Å². The first kappa shape index (κ1) is 14.1. The molecule has 0 heterocycles. The second kappa shape index (κ2) is 5.38. The first-order valence-electron chi connectivity index (χ1n) is 6.58. The predicted molar refractivity (Wildman–Crippen MR) is 78.0 cm³/mol. The lowest BCUT2D eigenvalue weighted by molar-refractivity contribution is -0.138. The summed E-state index contributed by atoms with van der Waals surface area (Å²) in [6.07, 6.45) is 1.66. The zero-order valence-corrected chi connectivity index (χ0v) is 12.4. The summed E-state index contributed by atoms with van der Waals surface area (Å²) in [6, 6.07) is 7.66. The Labute approximate surface area is 119 Å². The van der Waals surface area contributed by atoms with E-state index in [2.05, 4.69) is 13.8 Å². The van der Waals surface area contributed by atoms with Crippen LogP contribution in [0.1, 0.15) is 39.2 Å². The van der Waals surface area contributed by atoms with E-state index in [1.54, 1.807) is 0 Å². The molecule has 0 saturated heterocycles. The fourth-order valence-corrected chi connectivity index (χ4v) is 2.70. The normalized spacial score (nSPS) is 17.7. The number of rotatable bonds is 3. The molecule has 2 nitrogen and oxygen atoms in total. The van der Waals surface area contributed by atoms with Gasteiger partial charge in [0.2, 0.25) is 0 Å². The maximum Gasteiger partial charge on any atom is 0.334 e. The first-order valence-corrected chi connectivity index (χ1v) is 6.96. The largest absolute Gasteiger partial charge is 0.463 e. The highest BCUT2D eigenvalue weighted by molar-refractivity contribution is 6.30. The molecule has 0 amide bonds. The van der Waals surface area contributed by atoms with Gasteiger partial charge in [-0.25, -0.2) is 4.79 Å². The Bertz CT molecular complexity index is 512. The lowest BCUT2D eigenvalue weighted by atomic mass is 9.88. The summed E-state index contributed by atoms with van der Waals surface area (Å²) in [5.74, 6) is -0.182. The van der Waals surface area contributed by atoms with E-state index in [0.717, 1.165) is 29.6 Å². The smallest absolute Gasteiger partial charge is 0.334 e. The minimum Gasteiger partial charge on any atom is -0.463 e. The number of carbonyl (C=O) groups is 1. The number of halogens is 1. The molecule has 0 aromatic heterocycles. The van der Waals surface area contributed by atoms with Gasteiger partial charge in [0, 0.05) is 10.6 Å². The third kappa shape index (κ3) is 3.19. The lowest BCUT2D eigenvalue weighted by Crippen LogP contribution is -2.11. The van der Waals surface area contributed by atoms with Gasteiger partial charge in [-0.3, -0.25) is 0 Å². The molecular weight excluding hydrogens is 260 g/mol. The first-order chi connectivity index (χ1) is 8.93. The van der Waals surface area contributed by atoms with Crippen LogP contribution in [-0.2, 0) is 9.53 Å². The fourth-order valence-electron chi connectivity index (χ4n) is 2.57. The summed E-state index contributed by atoms with van der Waals surface area (Å²) in [5.41, 5.74) is 3.09. The highest BCUT2D eigenvalue weighted by atomic mass is 35.5. The van der Waals surface area contributed by atoms with E-state index in [4.69, 9.17) is 16.3 Å². The number of benzene rings is 1. The molecule has 0 aliphatic heterocycles. The van der Waals surface area contributed by atoms with Gasteiger partial charge in [-0.05, 0) is 48.4 Å². The Kier molecular flexibility index (Phi) is 4.00. The zero-order chi connectivity index (χ0) is 14.0. The average molecular weight is 279 g/mol. The van der Waals surface area contributed by atoms with E-state index in [0.29, 0.717) is 11.6 Å². The Morgan fingerprint density at radius 3 is 2.47 bits per heavy atom. The van der Waals surface area contributed by atoms with Gasteiger partial charge in [0.25, 0.3) is 0 Å². The molecule has 102 valence electrons.